The molecule has 2 fully saturated rings. The molecule has 1 N–H and O–H groups in total. The van der Waals surface area contributed by atoms with Crippen LogP contribution < -0.4 is 5.32 Å². The van der Waals surface area contributed by atoms with E-state index >= 15 is 0 Å². The summed E-state index contributed by atoms with van der Waals surface area (Å²) in [5.74, 6) is 1.12. The molecule has 4 nitrogen and oxygen atoms in total. The molecule has 1 heterocycles. The molecule has 0 amide bonds. The Balaban J connectivity index is 0.00000180. The molecular weight excluding hydrogens is 351 g/mol. The van der Waals surface area contributed by atoms with E-state index in [0.717, 1.165) is 25.1 Å². The summed E-state index contributed by atoms with van der Waals surface area (Å²) in [5.41, 5.74) is 0. The molecule has 1 saturated heterocycles. The summed E-state index contributed by atoms with van der Waals surface area (Å²) in [6, 6.07) is 1.37. The number of rotatable bonds is 5. The lowest BCUT2D eigenvalue weighted by Crippen LogP contribution is -2.41. The molecule has 0 spiro atoms. The van der Waals surface area contributed by atoms with Crippen molar-refractivity contribution in [1.82, 2.24) is 15.1 Å². The summed E-state index contributed by atoms with van der Waals surface area (Å²) in [6.45, 7) is 8.63. The molecule has 2 rings (SSSR count). The van der Waals surface area contributed by atoms with Gasteiger partial charge in [0.1, 0.15) is 0 Å². The number of likely N-dealkylation sites (tertiary alicyclic amines) is 1. The quantitative estimate of drug-likeness (QED) is 0.451. The maximum Gasteiger partial charge on any atom is 0.193 e. The first-order valence-electron chi connectivity index (χ1n) is 7.47. The van der Waals surface area contributed by atoms with E-state index in [1.54, 1.807) is 0 Å². The van der Waals surface area contributed by atoms with Gasteiger partial charge in [-0.3, -0.25) is 9.89 Å². The molecule has 1 unspecified atom stereocenters. The Morgan fingerprint density at radius 3 is 2.53 bits per heavy atom. The predicted molar refractivity (Wildman–Crippen MR) is 92.4 cm³/mol. The van der Waals surface area contributed by atoms with Crippen LogP contribution in [0.5, 0.6) is 0 Å². The molecule has 0 aromatic heterocycles. The van der Waals surface area contributed by atoms with Crippen LogP contribution in [0.3, 0.4) is 0 Å². The van der Waals surface area contributed by atoms with Gasteiger partial charge in [0.05, 0.1) is 6.54 Å². The van der Waals surface area contributed by atoms with Crippen molar-refractivity contribution in [3.05, 3.63) is 0 Å². The summed E-state index contributed by atoms with van der Waals surface area (Å²) < 4.78 is 0. The van der Waals surface area contributed by atoms with Gasteiger partial charge in [0, 0.05) is 31.7 Å². The summed E-state index contributed by atoms with van der Waals surface area (Å²) in [7, 11) is 2.24. The van der Waals surface area contributed by atoms with Gasteiger partial charge in [-0.1, -0.05) is 0 Å². The van der Waals surface area contributed by atoms with Crippen LogP contribution in [0.25, 0.3) is 0 Å². The highest BCUT2D eigenvalue weighted by Crippen LogP contribution is 2.26. The molecule has 19 heavy (non-hydrogen) atoms. The predicted octanol–water partition coefficient (Wildman–Crippen LogP) is 2.15. The third-order valence-corrected chi connectivity index (χ3v) is 4.06. The van der Waals surface area contributed by atoms with Gasteiger partial charge in [0.25, 0.3) is 0 Å². The fraction of sp³-hybridized carbons (Fsp3) is 0.929. The number of hydrogen-bond donors (Lipinski definition) is 1. The number of guanidine groups is 1. The first-order valence-corrected chi connectivity index (χ1v) is 7.47. The summed E-state index contributed by atoms with van der Waals surface area (Å²) in [4.78, 5) is 9.70. The normalized spacial score (nSPS) is 21.5. The first kappa shape index (κ1) is 17.0. The van der Waals surface area contributed by atoms with Crippen molar-refractivity contribution >= 4 is 29.9 Å². The first-order chi connectivity index (χ1) is 8.72. The van der Waals surface area contributed by atoms with Gasteiger partial charge < -0.3 is 10.2 Å². The maximum atomic E-state index is 4.82. The molecule has 1 aliphatic carbocycles. The van der Waals surface area contributed by atoms with E-state index in [1.807, 2.05) is 0 Å². The van der Waals surface area contributed by atoms with Gasteiger partial charge in [0.15, 0.2) is 5.96 Å². The van der Waals surface area contributed by atoms with E-state index in [-0.39, 0.29) is 24.0 Å². The van der Waals surface area contributed by atoms with Crippen LogP contribution in [0.2, 0.25) is 0 Å². The third kappa shape index (κ3) is 5.10. The van der Waals surface area contributed by atoms with Crippen LogP contribution in [-0.2, 0) is 0 Å². The molecule has 2 aliphatic rings. The van der Waals surface area contributed by atoms with Gasteiger partial charge in [-0.2, -0.15) is 0 Å². The van der Waals surface area contributed by atoms with Crippen molar-refractivity contribution in [1.29, 1.82) is 0 Å². The molecule has 0 bridgehead atoms. The Bertz CT molecular complexity index is 285. The smallest absolute Gasteiger partial charge is 0.193 e. The fourth-order valence-corrected chi connectivity index (χ4v) is 2.54. The number of aliphatic imine (C=N–C) groups is 1. The van der Waals surface area contributed by atoms with Gasteiger partial charge >= 0.3 is 0 Å². The van der Waals surface area contributed by atoms with E-state index in [0.29, 0.717) is 6.04 Å². The van der Waals surface area contributed by atoms with Crippen LogP contribution in [0.15, 0.2) is 4.99 Å². The zero-order chi connectivity index (χ0) is 13.0. The molecule has 1 atom stereocenters. The topological polar surface area (TPSA) is 30.9 Å². The van der Waals surface area contributed by atoms with E-state index in [9.17, 15) is 0 Å². The van der Waals surface area contributed by atoms with Crippen LogP contribution in [0.4, 0.5) is 0 Å². The van der Waals surface area contributed by atoms with E-state index < -0.39 is 0 Å². The largest absolute Gasteiger partial charge is 0.357 e. The van der Waals surface area contributed by atoms with Crippen LogP contribution >= 0.6 is 24.0 Å². The Morgan fingerprint density at radius 1 is 1.37 bits per heavy atom. The van der Waals surface area contributed by atoms with Gasteiger partial charge in [-0.25, -0.2) is 0 Å². The highest BCUT2D eigenvalue weighted by molar-refractivity contribution is 14.0. The average molecular weight is 380 g/mol. The van der Waals surface area contributed by atoms with Gasteiger partial charge in [-0.15, -0.1) is 24.0 Å². The van der Waals surface area contributed by atoms with Crippen LogP contribution in [-0.4, -0.2) is 61.1 Å². The van der Waals surface area contributed by atoms with Crippen molar-refractivity contribution < 1.29 is 0 Å². The van der Waals surface area contributed by atoms with Crippen molar-refractivity contribution in [3.63, 3.8) is 0 Å². The second-order valence-electron chi connectivity index (χ2n) is 5.63. The Labute approximate surface area is 135 Å². The summed E-state index contributed by atoms with van der Waals surface area (Å²) in [5, 5.41) is 3.42. The summed E-state index contributed by atoms with van der Waals surface area (Å²) in [6.07, 6.45) is 5.36. The number of halogens is 1. The number of likely N-dealkylation sites (N-methyl/N-ethyl adjacent to an activating group) is 1. The average Bonchev–Trinajstić information content (AvgIpc) is 3.08. The van der Waals surface area contributed by atoms with Crippen LogP contribution in [0, 0.1) is 0 Å². The number of hydrogen-bond acceptors (Lipinski definition) is 2. The third-order valence-electron chi connectivity index (χ3n) is 4.06. The van der Waals surface area contributed by atoms with Crippen molar-refractivity contribution in [2.45, 2.75) is 51.6 Å². The van der Waals surface area contributed by atoms with E-state index in [2.05, 4.69) is 36.0 Å². The zero-order valence-electron chi connectivity index (χ0n) is 12.6. The molecule has 0 aromatic carbocycles. The Kier molecular flexibility index (Phi) is 7.42. The number of nitrogens with one attached hydrogen (secondary N) is 1. The maximum absolute atomic E-state index is 4.82. The van der Waals surface area contributed by atoms with E-state index in [1.165, 1.54) is 38.8 Å². The minimum atomic E-state index is 0. The lowest BCUT2D eigenvalue weighted by Gasteiger charge is -2.25. The van der Waals surface area contributed by atoms with Gasteiger partial charge in [0.2, 0.25) is 0 Å². The standard InChI is InChI=1S/C14H28N4.HI/c1-4-15-14(18-9-5-6-10-18)16-11-12(2)17(3)13-7-8-13;/h12-13H,4-11H2,1-3H3,(H,15,16);1H. The Morgan fingerprint density at radius 2 is 2.00 bits per heavy atom. The second-order valence-corrected chi connectivity index (χ2v) is 5.63. The molecule has 1 saturated carbocycles. The second kappa shape index (κ2) is 8.29. The minimum absolute atomic E-state index is 0. The Hall–Kier alpha value is -0.0400. The molecule has 0 aromatic rings. The highest BCUT2D eigenvalue weighted by Gasteiger charge is 2.29. The van der Waals surface area contributed by atoms with Crippen molar-refractivity contribution in [3.8, 4) is 0 Å². The lowest BCUT2D eigenvalue weighted by atomic mass is 10.3. The van der Waals surface area contributed by atoms with E-state index in [4.69, 9.17) is 4.99 Å². The molecule has 112 valence electrons. The van der Waals surface area contributed by atoms with Crippen molar-refractivity contribution in [2.75, 3.05) is 33.2 Å². The monoisotopic (exact) mass is 380 g/mol. The highest BCUT2D eigenvalue weighted by atomic mass is 127. The lowest BCUT2D eigenvalue weighted by molar-refractivity contribution is 0.252. The zero-order valence-corrected chi connectivity index (χ0v) is 14.9. The SMILES string of the molecule is CCNC(=NCC(C)N(C)C1CC1)N1CCCC1.I. The molecule has 0 radical (unpaired) electrons. The molecular formula is C14H29IN4. The molecule has 1 aliphatic heterocycles. The number of nitrogens with zero attached hydrogens (tertiary/aromatic N) is 3. The van der Waals surface area contributed by atoms with Crippen LogP contribution in [0.1, 0.15) is 39.5 Å². The van der Waals surface area contributed by atoms with Crippen molar-refractivity contribution in [2.24, 2.45) is 4.99 Å². The molecule has 5 heteroatoms. The summed E-state index contributed by atoms with van der Waals surface area (Å²) >= 11 is 0. The van der Waals surface area contributed by atoms with Gasteiger partial charge in [-0.05, 0) is 46.6 Å². The fourth-order valence-electron chi connectivity index (χ4n) is 2.54. The minimum Gasteiger partial charge on any atom is -0.357 e.